The Morgan fingerprint density at radius 1 is 1.07 bits per heavy atom. The maximum absolute atomic E-state index is 13.1. The van der Waals surface area contributed by atoms with Crippen molar-refractivity contribution in [1.29, 1.82) is 0 Å². The Labute approximate surface area is 257 Å². The number of benzene rings is 2. The Bertz CT molecular complexity index is 1490. The van der Waals surface area contributed by atoms with Crippen molar-refractivity contribution in [3.05, 3.63) is 105 Å². The molecule has 0 saturated heterocycles. The third kappa shape index (κ3) is 7.02. The van der Waals surface area contributed by atoms with Gasteiger partial charge in [0, 0.05) is 42.8 Å². The molecule has 5 atom stereocenters. The summed E-state index contributed by atoms with van der Waals surface area (Å²) in [6.07, 6.45) is 6.19. The summed E-state index contributed by atoms with van der Waals surface area (Å²) < 4.78 is 6.22. The maximum atomic E-state index is 13.1. The minimum absolute atomic E-state index is 0.120. The number of unbranched alkanes of at least 4 members (excludes halogenated alkanes) is 1. The summed E-state index contributed by atoms with van der Waals surface area (Å²) in [5.74, 6) is -4.64. The number of hydrogen-bond acceptors (Lipinski definition) is 7. The van der Waals surface area contributed by atoms with E-state index in [-0.39, 0.29) is 18.2 Å². The number of carbonyl (C=O) groups is 2. The van der Waals surface area contributed by atoms with Crippen molar-refractivity contribution in [2.24, 2.45) is 16.3 Å². The Hall–Kier alpha value is -4.44. The number of non-ortho nitro benzene ring substituents is 1. The lowest BCUT2D eigenvalue weighted by Crippen LogP contribution is -2.54. The van der Waals surface area contributed by atoms with Crippen molar-refractivity contribution in [2.75, 3.05) is 6.61 Å². The van der Waals surface area contributed by atoms with E-state index in [1.807, 2.05) is 25.3 Å². The molecule has 0 spiro atoms. The molecule has 2 aromatic carbocycles. The molecule has 1 aliphatic rings. The molecule has 10 heteroatoms. The van der Waals surface area contributed by atoms with Crippen LogP contribution in [0.4, 0.5) is 5.69 Å². The van der Waals surface area contributed by atoms with Crippen LogP contribution in [0.2, 0.25) is 0 Å². The summed E-state index contributed by atoms with van der Waals surface area (Å²) in [4.78, 5) is 45.2. The van der Waals surface area contributed by atoms with Crippen LogP contribution in [0.25, 0.3) is 0 Å². The molecule has 232 valence electrons. The van der Waals surface area contributed by atoms with E-state index in [1.165, 1.54) is 23.8 Å². The Balaban J connectivity index is 1.47. The molecular formula is C34H39N3O7. The smallest absolute Gasteiger partial charge is 0.312 e. The highest BCUT2D eigenvalue weighted by Crippen LogP contribution is 2.52. The van der Waals surface area contributed by atoms with Crippen LogP contribution in [0.1, 0.15) is 80.7 Å². The van der Waals surface area contributed by atoms with Gasteiger partial charge in [0.1, 0.15) is 5.92 Å². The van der Waals surface area contributed by atoms with Crippen LogP contribution in [-0.2, 0) is 20.7 Å². The molecule has 10 nitrogen and oxygen atoms in total. The Morgan fingerprint density at radius 2 is 1.82 bits per heavy atom. The van der Waals surface area contributed by atoms with Gasteiger partial charge in [-0.25, -0.2) is 0 Å². The summed E-state index contributed by atoms with van der Waals surface area (Å²) in [5.41, 5.74) is 2.19. The van der Waals surface area contributed by atoms with Crippen LogP contribution in [0.5, 0.6) is 0 Å². The standard InChI is InChI=1S/C34H39N3O7/c1-4-29(26-14-12-24(13-15-26)19-25-9-8-17-35-21-25)44-18-6-5-16-34(33(40)41)23(3)36-22(2)30(32(38)39)31(34)27-10-7-11-28(20-27)37(42)43/h7-15,17,20-21,23,29-31H,4-6,16,18-19H2,1-3H3,(H,38,39)(H,40,41). The molecule has 2 N–H and O–H groups in total. The molecule has 44 heavy (non-hydrogen) atoms. The van der Waals surface area contributed by atoms with Gasteiger partial charge in [0.2, 0.25) is 0 Å². The van der Waals surface area contributed by atoms with Gasteiger partial charge in [0.25, 0.3) is 5.69 Å². The van der Waals surface area contributed by atoms with Gasteiger partial charge in [-0.15, -0.1) is 0 Å². The number of aromatic nitrogens is 1. The first kappa shape index (κ1) is 32.5. The first-order valence-electron chi connectivity index (χ1n) is 14.9. The van der Waals surface area contributed by atoms with Gasteiger partial charge in [0.05, 0.1) is 22.5 Å². The van der Waals surface area contributed by atoms with Gasteiger partial charge >= 0.3 is 11.9 Å². The van der Waals surface area contributed by atoms with Crippen molar-refractivity contribution in [3.63, 3.8) is 0 Å². The number of ether oxygens (including phenoxy) is 1. The largest absolute Gasteiger partial charge is 0.481 e. The molecule has 0 fully saturated rings. The second-order valence-electron chi connectivity index (χ2n) is 11.4. The number of carboxylic acid groups (broad SMARTS) is 2. The van der Waals surface area contributed by atoms with E-state index in [2.05, 4.69) is 34.2 Å². The lowest BCUT2D eigenvalue weighted by molar-refractivity contribution is -0.385. The van der Waals surface area contributed by atoms with E-state index in [0.717, 1.165) is 24.0 Å². The number of pyridine rings is 1. The normalized spacial score (nSPS) is 22.2. The molecule has 0 radical (unpaired) electrons. The zero-order chi connectivity index (χ0) is 31.9. The molecule has 0 bridgehead atoms. The second-order valence-corrected chi connectivity index (χ2v) is 11.4. The molecule has 0 aliphatic carbocycles. The average Bonchev–Trinajstić information content (AvgIpc) is 3.00. The summed E-state index contributed by atoms with van der Waals surface area (Å²) in [5, 5.41) is 32.4. The fourth-order valence-electron chi connectivity index (χ4n) is 6.51. The van der Waals surface area contributed by atoms with E-state index in [0.29, 0.717) is 30.7 Å². The summed E-state index contributed by atoms with van der Waals surface area (Å²) >= 11 is 0. The number of nitro benzene ring substituents is 1. The summed E-state index contributed by atoms with van der Waals surface area (Å²) in [7, 11) is 0. The highest BCUT2D eigenvalue weighted by atomic mass is 16.6. The fraction of sp³-hybridized carbons (Fsp3) is 0.412. The van der Waals surface area contributed by atoms with E-state index >= 15 is 0 Å². The molecule has 0 saturated carbocycles. The topological polar surface area (TPSA) is 152 Å². The zero-order valence-corrected chi connectivity index (χ0v) is 25.3. The van der Waals surface area contributed by atoms with Crippen LogP contribution in [-0.4, -0.2) is 50.4 Å². The summed E-state index contributed by atoms with van der Waals surface area (Å²) in [6, 6.07) is 17.2. The maximum Gasteiger partial charge on any atom is 0.312 e. The third-order valence-electron chi connectivity index (χ3n) is 8.74. The van der Waals surface area contributed by atoms with Gasteiger partial charge in [-0.3, -0.25) is 29.7 Å². The number of aliphatic carboxylic acids is 2. The minimum Gasteiger partial charge on any atom is -0.481 e. The van der Waals surface area contributed by atoms with Gasteiger partial charge in [0.15, 0.2) is 0 Å². The first-order valence-corrected chi connectivity index (χ1v) is 14.9. The van der Waals surface area contributed by atoms with Crippen LogP contribution < -0.4 is 0 Å². The van der Waals surface area contributed by atoms with Crippen LogP contribution >= 0.6 is 0 Å². The SMILES string of the molecule is CCC(OCCCCC1(C(=O)O)C(C)N=C(C)C(C(=O)O)C1c1cccc([N+](=O)[O-])c1)c1ccc(Cc2cccnc2)cc1. The van der Waals surface area contributed by atoms with Crippen molar-refractivity contribution in [2.45, 2.75) is 70.9 Å². The van der Waals surface area contributed by atoms with Crippen molar-refractivity contribution < 1.29 is 29.5 Å². The molecule has 0 amide bonds. The average molecular weight is 602 g/mol. The zero-order valence-electron chi connectivity index (χ0n) is 25.3. The van der Waals surface area contributed by atoms with Gasteiger partial charge in [-0.1, -0.05) is 49.4 Å². The first-order chi connectivity index (χ1) is 21.1. The summed E-state index contributed by atoms with van der Waals surface area (Å²) in [6.45, 7) is 5.71. The van der Waals surface area contributed by atoms with E-state index in [4.69, 9.17) is 4.74 Å². The highest BCUT2D eigenvalue weighted by Gasteiger charge is 2.58. The van der Waals surface area contributed by atoms with Crippen molar-refractivity contribution in [1.82, 2.24) is 4.98 Å². The van der Waals surface area contributed by atoms with Gasteiger partial charge < -0.3 is 14.9 Å². The highest BCUT2D eigenvalue weighted by molar-refractivity contribution is 6.03. The molecule has 1 aliphatic heterocycles. The van der Waals surface area contributed by atoms with Crippen LogP contribution in [0.3, 0.4) is 0 Å². The molecule has 2 heterocycles. The predicted molar refractivity (Wildman–Crippen MR) is 166 cm³/mol. The van der Waals surface area contributed by atoms with Gasteiger partial charge in [-0.2, -0.15) is 0 Å². The van der Waals surface area contributed by atoms with Gasteiger partial charge in [-0.05, 0) is 74.3 Å². The van der Waals surface area contributed by atoms with E-state index in [9.17, 15) is 29.9 Å². The number of nitrogens with zero attached hydrogens (tertiary/aromatic N) is 3. The Morgan fingerprint density at radius 3 is 2.43 bits per heavy atom. The van der Waals surface area contributed by atoms with Crippen molar-refractivity contribution in [3.8, 4) is 0 Å². The van der Waals surface area contributed by atoms with Crippen LogP contribution in [0.15, 0.2) is 78.0 Å². The number of carboxylic acids is 2. The van der Waals surface area contributed by atoms with E-state index < -0.39 is 40.2 Å². The van der Waals surface area contributed by atoms with E-state index in [1.54, 1.807) is 26.1 Å². The molecule has 4 rings (SSSR count). The lowest BCUT2D eigenvalue weighted by Gasteiger charge is -2.46. The second kappa shape index (κ2) is 14.4. The number of nitro groups is 1. The number of hydrogen-bond donors (Lipinski definition) is 2. The minimum atomic E-state index is -1.58. The molecule has 5 unspecified atom stereocenters. The molecule has 3 aromatic rings. The van der Waals surface area contributed by atoms with Crippen molar-refractivity contribution >= 4 is 23.3 Å². The number of rotatable bonds is 14. The fourth-order valence-corrected chi connectivity index (χ4v) is 6.51. The lowest BCUT2D eigenvalue weighted by atomic mass is 9.58. The Kier molecular flexibility index (Phi) is 10.6. The quantitative estimate of drug-likeness (QED) is 0.119. The number of aliphatic imine (C=N–C) groups is 1. The third-order valence-corrected chi connectivity index (χ3v) is 8.74. The predicted octanol–water partition coefficient (Wildman–Crippen LogP) is 6.64. The molecular weight excluding hydrogens is 562 g/mol. The molecule has 1 aromatic heterocycles. The van der Waals surface area contributed by atoms with Crippen LogP contribution in [0, 0.1) is 21.4 Å². The monoisotopic (exact) mass is 601 g/mol.